The number of benzene rings is 3. The molecule has 9 atom stereocenters. The number of aromatic nitrogens is 1. The fourth-order valence-electron chi connectivity index (χ4n) is 11.2. The molecule has 2 aliphatic carbocycles. The first-order chi connectivity index (χ1) is 32.3. The van der Waals surface area contributed by atoms with Crippen LogP contribution in [0.2, 0.25) is 0 Å². The molecule has 4 aromatic rings. The standard InChI is InChI=1S/C56H73N3O8/c1-2-3-7-14-37-21-22-41(50(62)30-37)19-12-6-13-20-43(55(65)66)49(61)23-25-56(67)35-39(27-38-24-26-58-52(57)31-38)29-47(56)54(64)48-34-44(40-17-10-5-11-18-40)53(59-48)46-32-42(60)33-51(63)45(46)28-36-15-8-4-9-16-36/h4-5,8-11,15-18,21-22,24,31-34,37,39,41,43,47,49-50,54,58-64,67H,2-3,6-7,12-14,19-20,23,25-30,35,57H2,1H3,(H,65,66). The van der Waals surface area contributed by atoms with Crippen LogP contribution in [0.15, 0.2) is 115 Å². The van der Waals surface area contributed by atoms with Gasteiger partial charge in [0.1, 0.15) is 11.5 Å². The Bertz CT molecular complexity index is 2320. The predicted molar refractivity (Wildman–Crippen MR) is 264 cm³/mol. The quantitative estimate of drug-likeness (QED) is 0.0251. The smallest absolute Gasteiger partial charge is 0.309 e. The Balaban J connectivity index is 1.09. The molecule has 11 N–H and O–H groups in total. The SMILES string of the molecule is CCCCCC1C=CC(CCCCCC(C(=O)O)C(O)CCC2(O)CC(CC3=CCNC(N)=C3)CC2C(O)c2cc(-c3ccccc3)c(-c3cc(O)cc(O)c3Cc3ccccc3)[nH]2)C(O)C1. The molecule has 1 saturated carbocycles. The molecule has 360 valence electrons. The lowest BCUT2D eigenvalue weighted by Crippen LogP contribution is -2.39. The third-order valence-electron chi connectivity index (χ3n) is 14.8. The molecule has 1 aliphatic heterocycles. The second kappa shape index (κ2) is 23.1. The summed E-state index contributed by atoms with van der Waals surface area (Å²) in [6.07, 6.45) is 16.5. The molecule has 0 amide bonds. The second-order valence-electron chi connectivity index (χ2n) is 19.8. The van der Waals surface area contributed by atoms with Gasteiger partial charge in [0.25, 0.3) is 0 Å². The van der Waals surface area contributed by atoms with Crippen molar-refractivity contribution >= 4 is 5.97 Å². The van der Waals surface area contributed by atoms with Crippen LogP contribution >= 0.6 is 0 Å². The van der Waals surface area contributed by atoms with Crippen LogP contribution in [0.25, 0.3) is 22.4 Å². The first-order valence-electron chi connectivity index (χ1n) is 24.8. The maximum Gasteiger partial charge on any atom is 0.309 e. The lowest BCUT2D eigenvalue weighted by atomic mass is 9.79. The molecule has 0 saturated heterocycles. The largest absolute Gasteiger partial charge is 0.508 e. The maximum atomic E-state index is 12.8. The minimum atomic E-state index is -1.46. The summed E-state index contributed by atoms with van der Waals surface area (Å²) < 4.78 is 0. The van der Waals surface area contributed by atoms with Crippen molar-refractivity contribution in [3.8, 4) is 33.9 Å². The molecule has 1 aromatic heterocycles. The highest BCUT2D eigenvalue weighted by atomic mass is 16.4. The lowest BCUT2D eigenvalue weighted by Gasteiger charge is -2.34. The van der Waals surface area contributed by atoms with E-state index in [0.717, 1.165) is 54.4 Å². The van der Waals surface area contributed by atoms with E-state index in [-0.39, 0.29) is 42.3 Å². The molecule has 3 aliphatic rings. The summed E-state index contributed by atoms with van der Waals surface area (Å²) in [5.74, 6) is -1.88. The number of nitrogens with one attached hydrogen (secondary N) is 2. The number of carboxylic acids is 1. The lowest BCUT2D eigenvalue weighted by molar-refractivity contribution is -0.147. The van der Waals surface area contributed by atoms with Crippen molar-refractivity contribution in [3.63, 3.8) is 0 Å². The average Bonchev–Trinajstić information content (AvgIpc) is 3.90. The van der Waals surface area contributed by atoms with Crippen molar-refractivity contribution < 1.29 is 40.5 Å². The highest BCUT2D eigenvalue weighted by molar-refractivity contribution is 5.85. The van der Waals surface area contributed by atoms with Crippen LogP contribution in [-0.2, 0) is 11.2 Å². The Morgan fingerprint density at radius 1 is 0.881 bits per heavy atom. The van der Waals surface area contributed by atoms with Gasteiger partial charge in [-0.2, -0.15) is 0 Å². The number of phenols is 2. The number of carbonyl (C=O) groups is 1. The van der Waals surface area contributed by atoms with Gasteiger partial charge in [0.05, 0.1) is 41.3 Å². The van der Waals surface area contributed by atoms with Gasteiger partial charge in [0, 0.05) is 53.3 Å². The summed E-state index contributed by atoms with van der Waals surface area (Å²) in [6.45, 7) is 2.79. The number of aliphatic hydroxyl groups excluding tert-OH is 3. The van der Waals surface area contributed by atoms with Crippen molar-refractivity contribution in [2.75, 3.05) is 6.54 Å². The van der Waals surface area contributed by atoms with Gasteiger partial charge in [0.2, 0.25) is 0 Å². The molecule has 0 spiro atoms. The Kier molecular flexibility index (Phi) is 17.1. The highest BCUT2D eigenvalue weighted by Gasteiger charge is 2.50. The van der Waals surface area contributed by atoms with E-state index in [1.807, 2.05) is 72.8 Å². The van der Waals surface area contributed by atoms with Crippen molar-refractivity contribution in [3.05, 3.63) is 131 Å². The van der Waals surface area contributed by atoms with Crippen molar-refractivity contribution in [2.45, 2.75) is 134 Å². The van der Waals surface area contributed by atoms with Crippen molar-refractivity contribution in [1.82, 2.24) is 10.3 Å². The zero-order valence-corrected chi connectivity index (χ0v) is 39.1. The average molecular weight is 916 g/mol. The zero-order valence-electron chi connectivity index (χ0n) is 39.1. The molecule has 11 nitrogen and oxygen atoms in total. The van der Waals surface area contributed by atoms with E-state index in [9.17, 15) is 40.5 Å². The molecule has 67 heavy (non-hydrogen) atoms. The fraction of sp³-hybridized carbons (Fsp3) is 0.482. The number of H-pyrrole nitrogens is 1. The number of hydrogen-bond donors (Lipinski definition) is 10. The Labute approximate surface area is 396 Å². The van der Waals surface area contributed by atoms with Crippen LogP contribution < -0.4 is 11.1 Å². The molecule has 0 radical (unpaired) electrons. The molecule has 1 fully saturated rings. The molecule has 9 unspecified atom stereocenters. The number of aliphatic hydroxyl groups is 4. The zero-order chi connectivity index (χ0) is 47.5. The third-order valence-corrected chi connectivity index (χ3v) is 14.8. The molecule has 0 bridgehead atoms. The van der Waals surface area contributed by atoms with Gasteiger partial charge < -0.3 is 51.8 Å². The molecule has 3 aromatic carbocycles. The Hall–Kier alpha value is -5.33. The van der Waals surface area contributed by atoms with Crippen molar-refractivity contribution in [2.24, 2.45) is 35.3 Å². The molecular formula is C56H73N3O8. The number of hydrogen-bond acceptors (Lipinski definition) is 9. The number of phenolic OH excluding ortho intramolecular Hbond substituents is 2. The number of unbranched alkanes of at least 4 members (excludes halogenated alkanes) is 4. The topological polar surface area (TPSA) is 213 Å². The monoisotopic (exact) mass is 916 g/mol. The van der Waals surface area contributed by atoms with E-state index >= 15 is 0 Å². The van der Waals surface area contributed by atoms with Crippen LogP contribution in [0.3, 0.4) is 0 Å². The van der Waals surface area contributed by atoms with Gasteiger partial charge in [-0.3, -0.25) is 4.79 Å². The molecular weight excluding hydrogens is 843 g/mol. The summed E-state index contributed by atoms with van der Waals surface area (Å²) in [5, 5.41) is 83.2. The van der Waals surface area contributed by atoms with E-state index in [1.54, 1.807) is 6.07 Å². The minimum absolute atomic E-state index is 0.0397. The Morgan fingerprint density at radius 2 is 1.63 bits per heavy atom. The first-order valence-corrected chi connectivity index (χ1v) is 24.8. The van der Waals surface area contributed by atoms with Gasteiger partial charge >= 0.3 is 5.97 Å². The van der Waals surface area contributed by atoms with Gasteiger partial charge in [0.15, 0.2) is 0 Å². The normalized spacial score (nSPS) is 24.1. The van der Waals surface area contributed by atoms with Crippen molar-refractivity contribution in [1.29, 1.82) is 0 Å². The second-order valence-corrected chi connectivity index (χ2v) is 19.8. The van der Waals surface area contributed by atoms with Gasteiger partial charge in [-0.05, 0) is 105 Å². The number of carboxylic acid groups (broad SMARTS) is 1. The number of rotatable bonds is 23. The summed E-state index contributed by atoms with van der Waals surface area (Å²) >= 11 is 0. The van der Waals surface area contributed by atoms with E-state index in [2.05, 4.69) is 35.5 Å². The van der Waals surface area contributed by atoms with Gasteiger partial charge in [-0.1, -0.05) is 124 Å². The third kappa shape index (κ3) is 12.8. The number of allylic oxidation sites excluding steroid dienone is 3. The van der Waals surface area contributed by atoms with Crippen LogP contribution in [0.4, 0.5) is 0 Å². The predicted octanol–water partition coefficient (Wildman–Crippen LogP) is 9.79. The summed E-state index contributed by atoms with van der Waals surface area (Å²) in [4.78, 5) is 16.1. The fourth-order valence-corrected chi connectivity index (χ4v) is 11.2. The minimum Gasteiger partial charge on any atom is -0.508 e. The number of aromatic hydroxyl groups is 2. The van der Waals surface area contributed by atoms with Crippen LogP contribution in [0, 0.1) is 29.6 Å². The van der Waals surface area contributed by atoms with Crippen LogP contribution in [-0.4, -0.2) is 71.1 Å². The number of dihydropyridines is 1. The maximum absolute atomic E-state index is 12.8. The van der Waals surface area contributed by atoms with E-state index in [0.29, 0.717) is 79.3 Å². The van der Waals surface area contributed by atoms with E-state index < -0.39 is 35.6 Å². The van der Waals surface area contributed by atoms with Gasteiger partial charge in [-0.25, -0.2) is 0 Å². The van der Waals surface area contributed by atoms with E-state index in [1.165, 1.54) is 25.3 Å². The number of aliphatic carboxylic acids is 1. The summed E-state index contributed by atoms with van der Waals surface area (Å²) in [5.41, 5.74) is 10.5. The summed E-state index contributed by atoms with van der Waals surface area (Å²) in [6, 6.07) is 24.2. The molecule has 7 rings (SSSR count). The summed E-state index contributed by atoms with van der Waals surface area (Å²) in [7, 11) is 0. The van der Waals surface area contributed by atoms with E-state index in [4.69, 9.17) is 5.73 Å². The first kappa shape index (κ1) is 49.6. The molecule has 11 heteroatoms. The highest BCUT2D eigenvalue weighted by Crippen LogP contribution is 2.52. The molecule has 2 heterocycles. The van der Waals surface area contributed by atoms with Gasteiger partial charge in [-0.15, -0.1) is 0 Å². The van der Waals surface area contributed by atoms with Crippen LogP contribution in [0.1, 0.15) is 126 Å². The Morgan fingerprint density at radius 3 is 2.34 bits per heavy atom. The number of nitrogens with two attached hydrogens (primary N) is 1. The number of aromatic amines is 1. The van der Waals surface area contributed by atoms with Crippen LogP contribution in [0.5, 0.6) is 11.5 Å².